The standard InChI is InChI=1S/C20H21N8O6P/c1-13-11-28(20(30)24-19(13)29)18-9-15(25-27-21)16(33-18)12-32-35(31,26-14-5-4-7-22-10-14)34-17-6-2-3-8-23-17/h2-8,10-11,15-16,18,21H,9,12H2,1H3,(H-,24,26,29,30,31)/p+1. The number of rotatable bonds is 9. The third-order valence-electron chi connectivity index (χ3n) is 5.05. The van der Waals surface area contributed by atoms with E-state index in [0.29, 0.717) is 11.3 Å². The molecule has 182 valence electrons. The van der Waals surface area contributed by atoms with Crippen LogP contribution in [-0.4, -0.2) is 38.3 Å². The molecule has 0 bridgehead atoms. The van der Waals surface area contributed by atoms with Gasteiger partial charge in [0.25, 0.3) is 5.56 Å². The number of hydrogen-bond donors (Lipinski definition) is 3. The first-order valence-electron chi connectivity index (χ1n) is 10.4. The molecule has 3 aromatic heterocycles. The van der Waals surface area contributed by atoms with Crippen LogP contribution in [0.15, 0.2) is 69.8 Å². The summed E-state index contributed by atoms with van der Waals surface area (Å²) in [5.41, 5.74) is 6.67. The highest BCUT2D eigenvalue weighted by Gasteiger charge is 2.42. The van der Waals surface area contributed by atoms with Crippen molar-refractivity contribution in [1.29, 1.82) is 5.53 Å². The van der Waals surface area contributed by atoms with Gasteiger partial charge in [0, 0.05) is 36.6 Å². The molecule has 15 heteroatoms. The van der Waals surface area contributed by atoms with Crippen LogP contribution in [0.25, 0.3) is 0 Å². The average molecular weight is 501 g/mol. The predicted octanol–water partition coefficient (Wildman–Crippen LogP) is 2.16. The summed E-state index contributed by atoms with van der Waals surface area (Å²) in [6.07, 6.45) is 4.38. The molecule has 1 aliphatic heterocycles. The minimum Gasteiger partial charge on any atom is -0.391 e. The van der Waals surface area contributed by atoms with Gasteiger partial charge in [-0.1, -0.05) is 6.07 Å². The molecule has 4 heterocycles. The van der Waals surface area contributed by atoms with Crippen LogP contribution >= 0.6 is 7.75 Å². The third kappa shape index (κ3) is 5.94. The lowest BCUT2D eigenvalue weighted by atomic mass is 10.1. The quantitative estimate of drug-likeness (QED) is 0.224. The number of H-pyrrole nitrogens is 1. The topological polar surface area (TPSA) is 188 Å². The largest absolute Gasteiger partial charge is 0.487 e. The van der Waals surface area contributed by atoms with Crippen molar-refractivity contribution >= 4 is 13.4 Å². The summed E-state index contributed by atoms with van der Waals surface area (Å²) in [7, 11) is -4.04. The third-order valence-corrected chi connectivity index (χ3v) is 6.50. The van der Waals surface area contributed by atoms with Gasteiger partial charge in [0.2, 0.25) is 10.8 Å². The Labute approximate surface area is 198 Å². The van der Waals surface area contributed by atoms with Crippen LogP contribution in [0.5, 0.6) is 5.88 Å². The van der Waals surface area contributed by atoms with E-state index >= 15 is 0 Å². The molecule has 1 fully saturated rings. The molecule has 3 aromatic rings. The van der Waals surface area contributed by atoms with Crippen molar-refractivity contribution in [1.82, 2.24) is 24.4 Å². The zero-order chi connectivity index (χ0) is 24.8. The Morgan fingerprint density at radius 1 is 1.34 bits per heavy atom. The fraction of sp³-hybridized carbons (Fsp3) is 0.300. The molecule has 3 N–H and O–H groups in total. The zero-order valence-electron chi connectivity index (χ0n) is 18.5. The Bertz CT molecular complexity index is 1330. The lowest BCUT2D eigenvalue weighted by Crippen LogP contribution is -2.33. The van der Waals surface area contributed by atoms with E-state index < -0.39 is 37.4 Å². The molecule has 0 radical (unpaired) electrons. The predicted molar refractivity (Wildman–Crippen MR) is 122 cm³/mol. The Kier molecular flexibility index (Phi) is 7.28. The van der Waals surface area contributed by atoms with Crippen LogP contribution in [0, 0.1) is 12.5 Å². The fourth-order valence-corrected chi connectivity index (χ4v) is 4.70. The Balaban J connectivity index is 1.55. The minimum atomic E-state index is -4.04. The summed E-state index contributed by atoms with van der Waals surface area (Å²) in [5.74, 6) is 0.0649. The van der Waals surface area contributed by atoms with Gasteiger partial charge in [-0.15, -0.1) is 0 Å². The first-order valence-corrected chi connectivity index (χ1v) is 12.0. The Morgan fingerprint density at radius 3 is 2.91 bits per heavy atom. The molecule has 0 spiro atoms. The zero-order valence-corrected chi connectivity index (χ0v) is 19.4. The minimum absolute atomic E-state index is 0.0649. The van der Waals surface area contributed by atoms with Crippen molar-refractivity contribution < 1.29 is 18.3 Å². The van der Waals surface area contributed by atoms with Gasteiger partial charge < -0.3 is 9.26 Å². The van der Waals surface area contributed by atoms with E-state index in [0.717, 1.165) is 0 Å². The maximum atomic E-state index is 13.6. The second-order valence-electron chi connectivity index (χ2n) is 7.53. The number of ether oxygens (including phenoxy) is 1. The van der Waals surface area contributed by atoms with Crippen molar-refractivity contribution in [2.75, 3.05) is 11.7 Å². The van der Waals surface area contributed by atoms with Crippen LogP contribution in [0.4, 0.5) is 5.69 Å². The highest BCUT2D eigenvalue weighted by atomic mass is 31.2. The summed E-state index contributed by atoms with van der Waals surface area (Å²) < 4.78 is 32.0. The summed E-state index contributed by atoms with van der Waals surface area (Å²) in [4.78, 5) is 37.3. The fourth-order valence-electron chi connectivity index (χ4n) is 3.40. The molecule has 0 aromatic carbocycles. The highest BCUT2D eigenvalue weighted by Crippen LogP contribution is 2.48. The SMILES string of the molecule is Cc1cn(C2CC(N=[N+]=N)C(COP(=O)(Nc3cccnc3)Oc3ccccn3)O2)c(=O)[nH]c1=O. The first-order chi connectivity index (χ1) is 16.9. The molecule has 0 amide bonds. The number of nitrogens with zero attached hydrogens (tertiary/aromatic N) is 5. The van der Waals surface area contributed by atoms with Crippen LogP contribution in [0.1, 0.15) is 18.2 Å². The van der Waals surface area contributed by atoms with Crippen molar-refractivity contribution in [2.24, 2.45) is 5.11 Å². The van der Waals surface area contributed by atoms with Crippen LogP contribution in [0.3, 0.4) is 0 Å². The number of aryl methyl sites for hydroxylation is 1. The van der Waals surface area contributed by atoms with Gasteiger partial charge in [0.05, 0.1) is 18.5 Å². The number of hydrogen-bond acceptors (Lipinski definition) is 10. The Morgan fingerprint density at radius 2 is 2.20 bits per heavy atom. The monoisotopic (exact) mass is 501 g/mol. The van der Waals surface area contributed by atoms with Crippen molar-refractivity contribution in [3.63, 3.8) is 0 Å². The summed E-state index contributed by atoms with van der Waals surface area (Å²) in [6, 6.07) is 7.46. The van der Waals surface area contributed by atoms with E-state index in [1.807, 2.05) is 0 Å². The van der Waals surface area contributed by atoms with Gasteiger partial charge in [0.15, 0.2) is 6.04 Å². The number of aromatic nitrogens is 4. The van der Waals surface area contributed by atoms with E-state index in [-0.39, 0.29) is 18.9 Å². The van der Waals surface area contributed by atoms with E-state index in [1.54, 1.807) is 37.4 Å². The van der Waals surface area contributed by atoms with Crippen LogP contribution < -0.4 is 25.8 Å². The molecule has 1 saturated heterocycles. The van der Waals surface area contributed by atoms with Gasteiger partial charge in [-0.3, -0.25) is 28.9 Å². The number of aromatic amines is 1. The van der Waals surface area contributed by atoms with E-state index in [4.69, 9.17) is 19.3 Å². The molecular weight excluding hydrogens is 479 g/mol. The normalized spacial score (nSPS) is 21.0. The highest BCUT2D eigenvalue weighted by molar-refractivity contribution is 7.55. The van der Waals surface area contributed by atoms with Crippen molar-refractivity contribution in [3.05, 3.63) is 81.5 Å². The molecule has 4 unspecified atom stereocenters. The summed E-state index contributed by atoms with van der Waals surface area (Å²) in [6.45, 7) is 1.27. The smallest absolute Gasteiger partial charge is 0.391 e. The Hall–Kier alpha value is -3.96. The van der Waals surface area contributed by atoms with Gasteiger partial charge >= 0.3 is 13.4 Å². The van der Waals surface area contributed by atoms with E-state index in [1.165, 1.54) is 29.2 Å². The number of nitrogens with one attached hydrogen (secondary N) is 3. The molecule has 0 aliphatic carbocycles. The average Bonchev–Trinajstić information content (AvgIpc) is 3.24. The summed E-state index contributed by atoms with van der Waals surface area (Å²) >= 11 is 0. The molecule has 35 heavy (non-hydrogen) atoms. The van der Waals surface area contributed by atoms with Crippen LogP contribution in [0.2, 0.25) is 0 Å². The van der Waals surface area contributed by atoms with E-state index in [2.05, 4.69) is 30.1 Å². The van der Waals surface area contributed by atoms with Gasteiger partial charge in [-0.25, -0.2) is 14.3 Å². The lowest BCUT2D eigenvalue weighted by molar-refractivity contribution is -0.0238. The van der Waals surface area contributed by atoms with Crippen molar-refractivity contribution in [2.45, 2.75) is 31.7 Å². The van der Waals surface area contributed by atoms with Crippen LogP contribution in [-0.2, 0) is 13.8 Å². The van der Waals surface area contributed by atoms with Gasteiger partial charge in [-0.05, 0) is 25.1 Å². The second-order valence-corrected chi connectivity index (χ2v) is 9.19. The maximum Gasteiger partial charge on any atom is 0.487 e. The molecule has 14 nitrogen and oxygen atoms in total. The molecule has 1 aliphatic rings. The molecule has 0 saturated carbocycles. The second kappa shape index (κ2) is 10.5. The maximum absolute atomic E-state index is 13.6. The van der Waals surface area contributed by atoms with Gasteiger partial charge in [0.1, 0.15) is 23.0 Å². The first kappa shape index (κ1) is 24.2. The van der Waals surface area contributed by atoms with E-state index in [9.17, 15) is 14.2 Å². The number of pyridine rings is 2. The molecule has 4 atom stereocenters. The molecule has 4 rings (SSSR count). The van der Waals surface area contributed by atoms with Gasteiger partial charge in [-0.2, -0.15) is 0 Å². The lowest BCUT2D eigenvalue weighted by Gasteiger charge is -2.22. The summed E-state index contributed by atoms with van der Waals surface area (Å²) in [5, 5.41) is 6.55. The number of anilines is 1. The molecular formula is C20H22N8O6P+. The van der Waals surface area contributed by atoms with Crippen molar-refractivity contribution in [3.8, 4) is 5.88 Å².